The van der Waals surface area contributed by atoms with Crippen LogP contribution in [0.3, 0.4) is 0 Å². The highest BCUT2D eigenvalue weighted by molar-refractivity contribution is 4.81. The number of hydrogen-bond donors (Lipinski definition) is 1. The smallest absolute Gasteiger partial charge is 0.00519 e. The van der Waals surface area contributed by atoms with Gasteiger partial charge < -0.3 is 5.32 Å². The fraction of sp³-hybridized carbons (Fsp3) is 1.00. The van der Waals surface area contributed by atoms with E-state index >= 15 is 0 Å². The van der Waals surface area contributed by atoms with Gasteiger partial charge in [-0.3, -0.25) is 0 Å². The first kappa shape index (κ1) is 11.0. The largest absolute Gasteiger partial charge is 0.320 e. The Balaban J connectivity index is 1.99. The third-order valence-electron chi connectivity index (χ3n) is 3.60. The Bertz CT molecular complexity index is 129. The second kappa shape index (κ2) is 5.64. The highest BCUT2D eigenvalue weighted by atomic mass is 14.8. The van der Waals surface area contributed by atoms with Gasteiger partial charge in [0.15, 0.2) is 0 Å². The molecule has 0 saturated heterocycles. The Kier molecular flexibility index (Phi) is 4.79. The van der Waals surface area contributed by atoms with Crippen LogP contribution in [0.25, 0.3) is 0 Å². The minimum atomic E-state index is 0.948. The second-order valence-corrected chi connectivity index (χ2v) is 4.77. The van der Waals surface area contributed by atoms with Gasteiger partial charge in [0.2, 0.25) is 0 Å². The first-order chi connectivity index (χ1) is 6.25. The van der Waals surface area contributed by atoms with Gasteiger partial charge in [-0.25, -0.2) is 0 Å². The molecule has 0 radical (unpaired) electrons. The molecule has 78 valence electrons. The van der Waals surface area contributed by atoms with Crippen LogP contribution in [0.5, 0.6) is 0 Å². The summed E-state index contributed by atoms with van der Waals surface area (Å²) in [7, 11) is 2.04. The van der Waals surface area contributed by atoms with Crippen molar-refractivity contribution in [2.45, 2.75) is 46.0 Å². The van der Waals surface area contributed by atoms with Crippen molar-refractivity contribution in [3.05, 3.63) is 0 Å². The van der Waals surface area contributed by atoms with Crippen molar-refractivity contribution in [3.63, 3.8) is 0 Å². The van der Waals surface area contributed by atoms with Crippen LogP contribution in [0.4, 0.5) is 0 Å². The van der Waals surface area contributed by atoms with Crippen molar-refractivity contribution in [1.82, 2.24) is 5.32 Å². The van der Waals surface area contributed by atoms with E-state index in [1.807, 2.05) is 7.05 Å². The summed E-state index contributed by atoms with van der Waals surface area (Å²) in [6, 6.07) is 0. The van der Waals surface area contributed by atoms with Gasteiger partial charge in [0, 0.05) is 0 Å². The van der Waals surface area contributed by atoms with Gasteiger partial charge in [0.1, 0.15) is 0 Å². The molecule has 1 nitrogen and oxygen atoms in total. The lowest BCUT2D eigenvalue weighted by molar-refractivity contribution is 0.318. The average molecular weight is 183 g/mol. The predicted molar refractivity (Wildman–Crippen MR) is 58.8 cm³/mol. The fourth-order valence-corrected chi connectivity index (χ4v) is 2.12. The molecule has 0 spiro atoms. The highest BCUT2D eigenvalue weighted by Crippen LogP contribution is 2.41. The summed E-state index contributed by atoms with van der Waals surface area (Å²) >= 11 is 0. The molecule has 0 heterocycles. The molecule has 0 amide bonds. The third-order valence-corrected chi connectivity index (χ3v) is 3.60. The number of nitrogens with one attached hydrogen (secondary N) is 1. The van der Waals surface area contributed by atoms with Crippen LogP contribution in [0.15, 0.2) is 0 Å². The molecule has 0 aliphatic heterocycles. The Morgan fingerprint density at radius 3 is 2.46 bits per heavy atom. The summed E-state index contributed by atoms with van der Waals surface area (Å²) in [6.07, 6.45) is 7.18. The summed E-state index contributed by atoms with van der Waals surface area (Å²) in [5, 5.41) is 3.21. The number of unbranched alkanes of at least 4 members (excludes halogenated alkanes) is 1. The molecular formula is C12H25N. The van der Waals surface area contributed by atoms with Crippen molar-refractivity contribution < 1.29 is 0 Å². The molecule has 13 heavy (non-hydrogen) atoms. The van der Waals surface area contributed by atoms with Crippen molar-refractivity contribution in [2.24, 2.45) is 17.8 Å². The van der Waals surface area contributed by atoms with Crippen molar-refractivity contribution in [2.75, 3.05) is 13.6 Å². The molecule has 1 fully saturated rings. The average Bonchev–Trinajstić information content (AvgIpc) is 2.94. The topological polar surface area (TPSA) is 12.0 Å². The summed E-state index contributed by atoms with van der Waals surface area (Å²) in [5.74, 6) is 3.01. The van der Waals surface area contributed by atoms with Crippen molar-refractivity contribution in [3.8, 4) is 0 Å². The molecule has 0 unspecified atom stereocenters. The van der Waals surface area contributed by atoms with E-state index in [0.29, 0.717) is 0 Å². The summed E-state index contributed by atoms with van der Waals surface area (Å²) in [5.41, 5.74) is 0. The van der Waals surface area contributed by atoms with E-state index in [-0.39, 0.29) is 0 Å². The lowest BCUT2D eigenvalue weighted by Crippen LogP contribution is -2.12. The van der Waals surface area contributed by atoms with Gasteiger partial charge in [-0.05, 0) is 50.6 Å². The molecule has 2 atom stereocenters. The number of rotatable bonds is 7. The quantitative estimate of drug-likeness (QED) is 0.598. The van der Waals surface area contributed by atoms with Gasteiger partial charge >= 0.3 is 0 Å². The molecule has 1 rings (SSSR count). The monoisotopic (exact) mass is 183 g/mol. The van der Waals surface area contributed by atoms with E-state index in [0.717, 1.165) is 17.8 Å². The standard InChI is InChI=1S/C12H25N/c1-10(6-4-5-9-13-3)11(2)12-7-8-12/h10-13H,4-9H2,1-3H3/t10-,11+/m1/s1. The normalized spacial score (nSPS) is 21.5. The molecule has 1 saturated carbocycles. The highest BCUT2D eigenvalue weighted by Gasteiger charge is 2.30. The van der Waals surface area contributed by atoms with Gasteiger partial charge in [-0.2, -0.15) is 0 Å². The van der Waals surface area contributed by atoms with E-state index in [4.69, 9.17) is 0 Å². The Labute approximate surface area is 83.3 Å². The van der Waals surface area contributed by atoms with Crippen LogP contribution in [-0.4, -0.2) is 13.6 Å². The van der Waals surface area contributed by atoms with E-state index in [1.165, 1.54) is 38.6 Å². The Morgan fingerprint density at radius 1 is 1.23 bits per heavy atom. The minimum absolute atomic E-state index is 0.948. The van der Waals surface area contributed by atoms with Crippen LogP contribution in [0.2, 0.25) is 0 Å². The van der Waals surface area contributed by atoms with E-state index in [9.17, 15) is 0 Å². The molecule has 0 aromatic carbocycles. The van der Waals surface area contributed by atoms with Crippen LogP contribution in [0, 0.1) is 17.8 Å². The van der Waals surface area contributed by atoms with Gasteiger partial charge in [-0.15, -0.1) is 0 Å². The zero-order chi connectivity index (χ0) is 9.68. The fourth-order valence-electron chi connectivity index (χ4n) is 2.12. The van der Waals surface area contributed by atoms with Gasteiger partial charge in [0.05, 0.1) is 0 Å². The minimum Gasteiger partial charge on any atom is -0.320 e. The number of hydrogen-bond acceptors (Lipinski definition) is 1. The van der Waals surface area contributed by atoms with Crippen LogP contribution < -0.4 is 5.32 Å². The van der Waals surface area contributed by atoms with Gasteiger partial charge in [0.25, 0.3) is 0 Å². The maximum atomic E-state index is 3.21. The maximum absolute atomic E-state index is 3.21. The third kappa shape index (κ3) is 4.12. The molecule has 1 aliphatic rings. The first-order valence-corrected chi connectivity index (χ1v) is 5.90. The second-order valence-electron chi connectivity index (χ2n) is 4.77. The summed E-state index contributed by atoms with van der Waals surface area (Å²) < 4.78 is 0. The zero-order valence-electron chi connectivity index (χ0n) is 9.47. The Morgan fingerprint density at radius 2 is 1.92 bits per heavy atom. The zero-order valence-corrected chi connectivity index (χ0v) is 9.47. The Hall–Kier alpha value is -0.0400. The van der Waals surface area contributed by atoms with E-state index in [1.54, 1.807) is 0 Å². The maximum Gasteiger partial charge on any atom is -0.00519 e. The molecule has 0 bridgehead atoms. The van der Waals surface area contributed by atoms with Gasteiger partial charge in [-0.1, -0.05) is 26.7 Å². The van der Waals surface area contributed by atoms with E-state index < -0.39 is 0 Å². The molecule has 1 aliphatic carbocycles. The SMILES string of the molecule is CNCCCC[C@@H](C)[C@H](C)C1CC1. The lowest BCUT2D eigenvalue weighted by atomic mass is 9.87. The molecular weight excluding hydrogens is 158 g/mol. The van der Waals surface area contributed by atoms with E-state index in [2.05, 4.69) is 19.2 Å². The molecule has 0 aromatic heterocycles. The lowest BCUT2D eigenvalue weighted by Gasteiger charge is -2.19. The summed E-state index contributed by atoms with van der Waals surface area (Å²) in [6.45, 7) is 6.06. The van der Waals surface area contributed by atoms with Crippen LogP contribution in [0.1, 0.15) is 46.0 Å². The predicted octanol–water partition coefficient (Wildman–Crippen LogP) is 3.06. The molecule has 1 N–H and O–H groups in total. The van der Waals surface area contributed by atoms with Crippen LogP contribution in [-0.2, 0) is 0 Å². The van der Waals surface area contributed by atoms with Crippen LogP contribution >= 0.6 is 0 Å². The summed E-state index contributed by atoms with van der Waals surface area (Å²) in [4.78, 5) is 0. The van der Waals surface area contributed by atoms with Crippen molar-refractivity contribution in [1.29, 1.82) is 0 Å². The van der Waals surface area contributed by atoms with Crippen molar-refractivity contribution >= 4 is 0 Å². The molecule has 1 heteroatoms. The first-order valence-electron chi connectivity index (χ1n) is 5.90. The molecule has 0 aromatic rings.